The summed E-state index contributed by atoms with van der Waals surface area (Å²) in [6.45, 7) is 5.42. The van der Waals surface area contributed by atoms with Gasteiger partial charge in [0.25, 0.3) is 0 Å². The van der Waals surface area contributed by atoms with Gasteiger partial charge in [-0.15, -0.1) is 0 Å². The molecule has 1 aliphatic heterocycles. The third-order valence-corrected chi connectivity index (χ3v) is 3.19. The number of hydrogen-bond donors (Lipinski definition) is 2. The molecule has 1 saturated heterocycles. The van der Waals surface area contributed by atoms with Crippen LogP contribution in [0, 0.1) is 5.82 Å². The lowest BCUT2D eigenvalue weighted by Crippen LogP contribution is -2.33. The van der Waals surface area contributed by atoms with E-state index in [4.69, 9.17) is 5.73 Å². The molecule has 0 radical (unpaired) electrons. The molecule has 17 heavy (non-hydrogen) atoms. The minimum atomic E-state index is -0.358. The average Bonchev–Trinajstić information content (AvgIpc) is 2.77. The van der Waals surface area contributed by atoms with Gasteiger partial charge in [0.1, 0.15) is 5.82 Å². The van der Waals surface area contributed by atoms with Gasteiger partial charge in [0.15, 0.2) is 0 Å². The summed E-state index contributed by atoms with van der Waals surface area (Å²) in [7, 11) is 0. The zero-order valence-corrected chi connectivity index (χ0v) is 10.2. The Morgan fingerprint density at radius 2 is 2.12 bits per heavy atom. The lowest BCUT2D eigenvalue weighted by atomic mass is 10.2. The van der Waals surface area contributed by atoms with E-state index in [-0.39, 0.29) is 17.5 Å². The summed E-state index contributed by atoms with van der Waals surface area (Å²) in [6, 6.07) is 5.15. The second-order valence-corrected chi connectivity index (χ2v) is 4.75. The molecular formula is C13H20FN3. The maximum atomic E-state index is 13.3. The second-order valence-electron chi connectivity index (χ2n) is 4.75. The zero-order chi connectivity index (χ0) is 12.3. The van der Waals surface area contributed by atoms with Crippen molar-refractivity contribution in [2.45, 2.75) is 25.8 Å². The van der Waals surface area contributed by atoms with E-state index in [2.05, 4.69) is 17.1 Å². The van der Waals surface area contributed by atoms with Gasteiger partial charge in [-0.25, -0.2) is 4.39 Å². The molecule has 1 aliphatic rings. The van der Waals surface area contributed by atoms with Crippen molar-refractivity contribution in [3.05, 3.63) is 24.0 Å². The van der Waals surface area contributed by atoms with Gasteiger partial charge in [-0.05, 0) is 45.0 Å². The second kappa shape index (κ2) is 5.36. The van der Waals surface area contributed by atoms with E-state index in [9.17, 15) is 4.39 Å². The molecule has 1 aromatic carbocycles. The Morgan fingerprint density at radius 1 is 1.41 bits per heavy atom. The first kappa shape index (κ1) is 12.2. The van der Waals surface area contributed by atoms with Crippen LogP contribution in [0.2, 0.25) is 0 Å². The monoisotopic (exact) mass is 237 g/mol. The van der Waals surface area contributed by atoms with Crippen LogP contribution in [0.3, 0.4) is 0 Å². The number of nitrogens with zero attached hydrogens (tertiary/aromatic N) is 1. The van der Waals surface area contributed by atoms with Crippen molar-refractivity contribution >= 4 is 11.4 Å². The molecule has 3 nitrogen and oxygen atoms in total. The average molecular weight is 237 g/mol. The maximum absolute atomic E-state index is 13.3. The number of nitrogens with two attached hydrogens (primary N) is 1. The number of hydrogen-bond acceptors (Lipinski definition) is 3. The van der Waals surface area contributed by atoms with Gasteiger partial charge in [0, 0.05) is 12.6 Å². The molecule has 0 spiro atoms. The Kier molecular flexibility index (Phi) is 3.84. The zero-order valence-electron chi connectivity index (χ0n) is 10.2. The minimum absolute atomic E-state index is 0.209. The Bertz CT molecular complexity index is 375. The van der Waals surface area contributed by atoms with Crippen molar-refractivity contribution in [3.8, 4) is 0 Å². The van der Waals surface area contributed by atoms with Gasteiger partial charge >= 0.3 is 0 Å². The Balaban J connectivity index is 1.93. The van der Waals surface area contributed by atoms with E-state index >= 15 is 0 Å². The van der Waals surface area contributed by atoms with Crippen molar-refractivity contribution in [1.82, 2.24) is 4.90 Å². The van der Waals surface area contributed by atoms with Crippen LogP contribution in [0.5, 0.6) is 0 Å². The first-order valence-electron chi connectivity index (χ1n) is 6.19. The fourth-order valence-electron chi connectivity index (χ4n) is 2.33. The van der Waals surface area contributed by atoms with Crippen LogP contribution in [-0.2, 0) is 0 Å². The predicted molar refractivity (Wildman–Crippen MR) is 69.6 cm³/mol. The van der Waals surface area contributed by atoms with Crippen LogP contribution in [0.15, 0.2) is 18.2 Å². The molecule has 1 aromatic rings. The highest BCUT2D eigenvalue weighted by atomic mass is 19.1. The maximum Gasteiger partial charge on any atom is 0.148 e. The summed E-state index contributed by atoms with van der Waals surface area (Å²) in [5.41, 5.74) is 6.59. The van der Waals surface area contributed by atoms with Crippen LogP contribution in [-0.4, -0.2) is 30.6 Å². The van der Waals surface area contributed by atoms with Gasteiger partial charge in [-0.1, -0.05) is 6.07 Å². The predicted octanol–water partition coefficient (Wildman–Crippen LogP) is 2.30. The van der Waals surface area contributed by atoms with E-state index in [1.165, 1.54) is 32.0 Å². The largest absolute Gasteiger partial charge is 0.395 e. The van der Waals surface area contributed by atoms with E-state index in [0.717, 1.165) is 6.54 Å². The van der Waals surface area contributed by atoms with Crippen molar-refractivity contribution in [3.63, 3.8) is 0 Å². The fraction of sp³-hybridized carbons (Fsp3) is 0.538. The van der Waals surface area contributed by atoms with E-state index < -0.39 is 0 Å². The smallest absolute Gasteiger partial charge is 0.148 e. The molecule has 0 bridgehead atoms. The standard InChI is InChI=1S/C13H20FN3/c1-10(9-17-7-2-3-8-17)16-12-6-4-5-11(14)13(12)15/h4-6,10,16H,2-3,7-9,15H2,1H3. The molecular weight excluding hydrogens is 217 g/mol. The topological polar surface area (TPSA) is 41.3 Å². The number of halogens is 1. The number of likely N-dealkylation sites (tertiary alicyclic amines) is 1. The molecule has 1 heterocycles. The molecule has 4 heteroatoms. The van der Waals surface area contributed by atoms with Gasteiger partial charge in [-0.2, -0.15) is 0 Å². The number of rotatable bonds is 4. The highest BCUT2D eigenvalue weighted by molar-refractivity contribution is 5.66. The quantitative estimate of drug-likeness (QED) is 0.790. The lowest BCUT2D eigenvalue weighted by Gasteiger charge is -2.22. The van der Waals surface area contributed by atoms with Crippen molar-refractivity contribution in [2.75, 3.05) is 30.7 Å². The molecule has 0 amide bonds. The number of nitrogens with one attached hydrogen (secondary N) is 1. The van der Waals surface area contributed by atoms with E-state index in [0.29, 0.717) is 5.69 Å². The normalized spacial score (nSPS) is 18.2. The number of nitrogen functional groups attached to an aromatic ring is 1. The third-order valence-electron chi connectivity index (χ3n) is 3.19. The summed E-state index contributed by atoms with van der Waals surface area (Å²) >= 11 is 0. The Hall–Kier alpha value is -1.29. The first-order chi connectivity index (χ1) is 8.16. The van der Waals surface area contributed by atoms with Crippen molar-refractivity contribution < 1.29 is 4.39 Å². The van der Waals surface area contributed by atoms with Crippen LogP contribution in [0.4, 0.5) is 15.8 Å². The molecule has 2 rings (SSSR count). The van der Waals surface area contributed by atoms with E-state index in [1.807, 2.05) is 6.07 Å². The van der Waals surface area contributed by atoms with Crippen molar-refractivity contribution in [1.29, 1.82) is 0 Å². The Labute approximate surface area is 102 Å². The fourth-order valence-corrected chi connectivity index (χ4v) is 2.33. The summed E-state index contributed by atoms with van der Waals surface area (Å²) < 4.78 is 13.3. The number of anilines is 2. The number of benzene rings is 1. The molecule has 3 N–H and O–H groups in total. The third kappa shape index (κ3) is 3.09. The summed E-state index contributed by atoms with van der Waals surface area (Å²) in [4.78, 5) is 2.42. The molecule has 0 aliphatic carbocycles. The summed E-state index contributed by atoms with van der Waals surface area (Å²) in [5, 5.41) is 3.27. The summed E-state index contributed by atoms with van der Waals surface area (Å²) in [5.74, 6) is -0.358. The van der Waals surface area contributed by atoms with Crippen LogP contribution >= 0.6 is 0 Å². The minimum Gasteiger partial charge on any atom is -0.395 e. The molecule has 0 saturated carbocycles. The van der Waals surface area contributed by atoms with Crippen LogP contribution in [0.1, 0.15) is 19.8 Å². The molecule has 1 atom stereocenters. The lowest BCUT2D eigenvalue weighted by molar-refractivity contribution is 0.328. The van der Waals surface area contributed by atoms with Crippen molar-refractivity contribution in [2.24, 2.45) is 0 Å². The van der Waals surface area contributed by atoms with Crippen LogP contribution in [0.25, 0.3) is 0 Å². The molecule has 1 fully saturated rings. The number of para-hydroxylation sites is 1. The Morgan fingerprint density at radius 3 is 2.82 bits per heavy atom. The SMILES string of the molecule is CC(CN1CCCC1)Nc1cccc(F)c1N. The van der Waals surface area contributed by atoms with Gasteiger partial charge < -0.3 is 16.0 Å². The molecule has 94 valence electrons. The first-order valence-corrected chi connectivity index (χ1v) is 6.19. The van der Waals surface area contributed by atoms with E-state index in [1.54, 1.807) is 6.07 Å². The highest BCUT2D eigenvalue weighted by Gasteiger charge is 2.15. The molecule has 1 unspecified atom stereocenters. The van der Waals surface area contributed by atoms with Gasteiger partial charge in [0.2, 0.25) is 0 Å². The molecule has 0 aromatic heterocycles. The summed E-state index contributed by atoms with van der Waals surface area (Å²) in [6.07, 6.45) is 2.57. The van der Waals surface area contributed by atoms with Gasteiger partial charge in [0.05, 0.1) is 11.4 Å². The highest BCUT2D eigenvalue weighted by Crippen LogP contribution is 2.22. The van der Waals surface area contributed by atoms with Crippen LogP contribution < -0.4 is 11.1 Å². The van der Waals surface area contributed by atoms with Gasteiger partial charge in [-0.3, -0.25) is 0 Å².